The summed E-state index contributed by atoms with van der Waals surface area (Å²) in [6.07, 6.45) is 5.13. The highest BCUT2D eigenvalue weighted by Crippen LogP contribution is 2.29. The first kappa shape index (κ1) is 17.6. The molecular formula is C21H13BrClN3O. The van der Waals surface area contributed by atoms with Crippen molar-refractivity contribution in [2.24, 2.45) is 4.99 Å². The SMILES string of the molecule is O=C1/C(=C\c2ccncc2)N=C(c2ccc(Cl)cc2)N1c1ccc(Br)cc1. The molecule has 0 unspecified atom stereocenters. The average Bonchev–Trinajstić information content (AvgIpc) is 3.00. The Morgan fingerprint density at radius 2 is 1.59 bits per heavy atom. The Hall–Kier alpha value is -2.76. The molecule has 1 aromatic heterocycles. The number of anilines is 1. The van der Waals surface area contributed by atoms with E-state index >= 15 is 0 Å². The Kier molecular flexibility index (Phi) is 4.88. The van der Waals surface area contributed by atoms with Gasteiger partial charge >= 0.3 is 0 Å². The second kappa shape index (κ2) is 7.47. The van der Waals surface area contributed by atoms with E-state index in [0.29, 0.717) is 16.6 Å². The van der Waals surface area contributed by atoms with Crippen LogP contribution in [0.4, 0.5) is 5.69 Å². The van der Waals surface area contributed by atoms with E-state index in [1.807, 2.05) is 48.5 Å². The molecule has 2 aromatic carbocycles. The number of benzene rings is 2. The van der Waals surface area contributed by atoms with Crippen molar-refractivity contribution in [1.82, 2.24) is 4.98 Å². The zero-order valence-electron chi connectivity index (χ0n) is 14.0. The van der Waals surface area contributed by atoms with Gasteiger partial charge in [0.2, 0.25) is 0 Å². The smallest absolute Gasteiger partial charge is 0.266 e. The predicted octanol–water partition coefficient (Wildman–Crippen LogP) is 5.33. The molecule has 0 aliphatic carbocycles. The monoisotopic (exact) mass is 437 g/mol. The quantitative estimate of drug-likeness (QED) is 0.519. The maximum Gasteiger partial charge on any atom is 0.282 e. The summed E-state index contributed by atoms with van der Waals surface area (Å²) >= 11 is 9.44. The van der Waals surface area contributed by atoms with Crippen molar-refractivity contribution < 1.29 is 4.79 Å². The first-order chi connectivity index (χ1) is 13.1. The summed E-state index contributed by atoms with van der Waals surface area (Å²) in [6, 6.07) is 18.5. The second-order valence-electron chi connectivity index (χ2n) is 5.87. The average molecular weight is 439 g/mol. The number of aliphatic imine (C=N–C) groups is 1. The highest BCUT2D eigenvalue weighted by Gasteiger charge is 2.32. The van der Waals surface area contributed by atoms with Gasteiger partial charge in [-0.1, -0.05) is 27.5 Å². The number of pyridine rings is 1. The van der Waals surface area contributed by atoms with Crippen LogP contribution in [0.5, 0.6) is 0 Å². The molecule has 1 aliphatic heterocycles. The summed E-state index contributed by atoms with van der Waals surface area (Å²) in [5.41, 5.74) is 2.79. The van der Waals surface area contributed by atoms with E-state index in [0.717, 1.165) is 21.3 Å². The fourth-order valence-electron chi connectivity index (χ4n) is 2.76. The van der Waals surface area contributed by atoms with Crippen LogP contribution in [-0.2, 0) is 4.79 Å². The van der Waals surface area contributed by atoms with Crippen molar-refractivity contribution in [1.29, 1.82) is 0 Å². The van der Waals surface area contributed by atoms with Gasteiger partial charge in [-0.3, -0.25) is 14.7 Å². The van der Waals surface area contributed by atoms with Gasteiger partial charge in [-0.25, -0.2) is 4.99 Å². The number of rotatable bonds is 3. The number of hydrogen-bond donors (Lipinski definition) is 0. The molecule has 0 fully saturated rings. The number of hydrogen-bond acceptors (Lipinski definition) is 3. The first-order valence-corrected chi connectivity index (χ1v) is 9.35. The highest BCUT2D eigenvalue weighted by atomic mass is 79.9. The van der Waals surface area contributed by atoms with E-state index in [4.69, 9.17) is 11.6 Å². The molecule has 132 valence electrons. The minimum absolute atomic E-state index is 0.181. The Bertz CT molecular complexity index is 1050. The molecule has 0 radical (unpaired) electrons. The van der Waals surface area contributed by atoms with Gasteiger partial charge in [0.25, 0.3) is 5.91 Å². The van der Waals surface area contributed by atoms with Gasteiger partial charge in [-0.2, -0.15) is 0 Å². The number of amides is 1. The zero-order valence-corrected chi connectivity index (χ0v) is 16.4. The molecule has 0 saturated carbocycles. The van der Waals surface area contributed by atoms with Crippen molar-refractivity contribution in [2.45, 2.75) is 0 Å². The third-order valence-corrected chi connectivity index (χ3v) is 4.84. The van der Waals surface area contributed by atoms with Gasteiger partial charge in [0, 0.05) is 27.5 Å². The van der Waals surface area contributed by atoms with Crippen molar-refractivity contribution in [3.8, 4) is 0 Å². The van der Waals surface area contributed by atoms with Crippen molar-refractivity contribution in [2.75, 3.05) is 4.90 Å². The summed E-state index contributed by atoms with van der Waals surface area (Å²) in [7, 11) is 0. The standard InChI is InChI=1S/C21H13BrClN3O/c22-16-3-7-18(8-4-16)26-20(15-1-5-17(23)6-2-15)25-19(21(26)27)13-14-9-11-24-12-10-14/h1-13H/b19-13+. The third kappa shape index (κ3) is 3.70. The van der Waals surface area contributed by atoms with Gasteiger partial charge < -0.3 is 0 Å². The lowest BCUT2D eigenvalue weighted by molar-refractivity contribution is -0.113. The normalized spacial score (nSPS) is 15.3. The molecule has 4 nitrogen and oxygen atoms in total. The molecule has 0 atom stereocenters. The summed E-state index contributed by atoms with van der Waals surface area (Å²) in [5.74, 6) is 0.387. The van der Waals surface area contributed by atoms with Crippen molar-refractivity contribution in [3.05, 3.63) is 99.4 Å². The van der Waals surface area contributed by atoms with E-state index in [-0.39, 0.29) is 5.91 Å². The molecule has 2 heterocycles. The van der Waals surface area contributed by atoms with Crippen molar-refractivity contribution in [3.63, 3.8) is 0 Å². The van der Waals surface area contributed by atoms with E-state index in [1.165, 1.54) is 0 Å². The maximum absolute atomic E-state index is 13.1. The van der Waals surface area contributed by atoms with Crippen LogP contribution in [-0.4, -0.2) is 16.7 Å². The minimum atomic E-state index is -0.181. The maximum atomic E-state index is 13.1. The summed E-state index contributed by atoms with van der Waals surface area (Å²) in [4.78, 5) is 23.4. The molecule has 0 bridgehead atoms. The summed E-state index contributed by atoms with van der Waals surface area (Å²) in [5, 5.41) is 0.631. The van der Waals surface area contributed by atoms with E-state index in [1.54, 1.807) is 35.5 Å². The summed E-state index contributed by atoms with van der Waals surface area (Å²) in [6.45, 7) is 0. The Labute approximate surface area is 170 Å². The van der Waals surface area contributed by atoms with Gasteiger partial charge in [0.1, 0.15) is 11.5 Å². The van der Waals surface area contributed by atoms with Gasteiger partial charge in [-0.05, 0) is 72.3 Å². The molecule has 1 aliphatic rings. The van der Waals surface area contributed by atoms with Crippen LogP contribution in [0.3, 0.4) is 0 Å². The van der Waals surface area contributed by atoms with Gasteiger partial charge in [0.15, 0.2) is 0 Å². The molecule has 1 amide bonds. The number of nitrogens with zero attached hydrogens (tertiary/aromatic N) is 3. The predicted molar refractivity (Wildman–Crippen MR) is 112 cm³/mol. The van der Waals surface area contributed by atoms with Crippen LogP contribution in [0.25, 0.3) is 6.08 Å². The largest absolute Gasteiger partial charge is 0.282 e. The van der Waals surface area contributed by atoms with E-state index in [9.17, 15) is 4.79 Å². The number of amidine groups is 1. The lowest BCUT2D eigenvalue weighted by Gasteiger charge is -2.18. The first-order valence-electron chi connectivity index (χ1n) is 8.18. The Balaban J connectivity index is 1.82. The van der Waals surface area contributed by atoms with Crippen LogP contribution in [0, 0.1) is 0 Å². The zero-order chi connectivity index (χ0) is 18.8. The fourth-order valence-corrected chi connectivity index (χ4v) is 3.15. The van der Waals surface area contributed by atoms with Crippen LogP contribution >= 0.6 is 27.5 Å². The molecule has 0 N–H and O–H groups in total. The lowest BCUT2D eigenvalue weighted by Crippen LogP contribution is -2.32. The highest BCUT2D eigenvalue weighted by molar-refractivity contribution is 9.10. The van der Waals surface area contributed by atoms with E-state index < -0.39 is 0 Å². The minimum Gasteiger partial charge on any atom is -0.266 e. The molecule has 27 heavy (non-hydrogen) atoms. The van der Waals surface area contributed by atoms with E-state index in [2.05, 4.69) is 25.9 Å². The van der Waals surface area contributed by atoms with Gasteiger partial charge in [-0.15, -0.1) is 0 Å². The van der Waals surface area contributed by atoms with Crippen molar-refractivity contribution >= 4 is 51.0 Å². The topological polar surface area (TPSA) is 45.6 Å². The molecule has 6 heteroatoms. The molecule has 0 spiro atoms. The molecule has 0 saturated heterocycles. The van der Waals surface area contributed by atoms with Crippen LogP contribution in [0.1, 0.15) is 11.1 Å². The van der Waals surface area contributed by atoms with Gasteiger partial charge in [0.05, 0.1) is 5.69 Å². The summed E-state index contributed by atoms with van der Waals surface area (Å²) < 4.78 is 0.940. The molecule has 3 aromatic rings. The number of carbonyl (C=O) groups is 1. The fraction of sp³-hybridized carbons (Fsp3) is 0. The Morgan fingerprint density at radius 1 is 0.926 bits per heavy atom. The third-order valence-electron chi connectivity index (χ3n) is 4.06. The Morgan fingerprint density at radius 3 is 2.26 bits per heavy atom. The van der Waals surface area contributed by atoms with Crippen LogP contribution in [0.15, 0.2) is 88.2 Å². The van der Waals surface area contributed by atoms with Crippen LogP contribution < -0.4 is 4.90 Å². The number of aromatic nitrogens is 1. The number of carbonyl (C=O) groups excluding carboxylic acids is 1. The number of halogens is 2. The second-order valence-corrected chi connectivity index (χ2v) is 7.22. The lowest BCUT2D eigenvalue weighted by atomic mass is 10.1. The molecule has 4 rings (SSSR count). The molecular weight excluding hydrogens is 426 g/mol. The van der Waals surface area contributed by atoms with Crippen LogP contribution in [0.2, 0.25) is 5.02 Å².